The predicted molar refractivity (Wildman–Crippen MR) is 128 cm³/mol. The van der Waals surface area contributed by atoms with E-state index < -0.39 is 18.2 Å². The van der Waals surface area contributed by atoms with Crippen molar-refractivity contribution in [2.24, 2.45) is 11.8 Å². The van der Waals surface area contributed by atoms with Gasteiger partial charge in [0.1, 0.15) is 12.2 Å². The van der Waals surface area contributed by atoms with Gasteiger partial charge in [-0.3, -0.25) is 9.59 Å². The Bertz CT molecular complexity index is 990. The van der Waals surface area contributed by atoms with E-state index in [0.717, 1.165) is 24.0 Å². The first-order valence-corrected chi connectivity index (χ1v) is 12.2. The van der Waals surface area contributed by atoms with E-state index in [2.05, 4.69) is 0 Å². The Morgan fingerprint density at radius 3 is 2.45 bits per heavy atom. The lowest BCUT2D eigenvalue weighted by Gasteiger charge is -2.45. The van der Waals surface area contributed by atoms with E-state index in [9.17, 15) is 9.59 Å². The molecule has 5 nitrogen and oxygen atoms in total. The summed E-state index contributed by atoms with van der Waals surface area (Å²) in [5, 5.41) is 1.21. The highest BCUT2D eigenvalue weighted by molar-refractivity contribution is 6.30. The zero-order chi connectivity index (χ0) is 23.5. The number of nitrogens with zero attached hydrogens (tertiary/aromatic N) is 1. The van der Waals surface area contributed by atoms with E-state index >= 15 is 0 Å². The summed E-state index contributed by atoms with van der Waals surface area (Å²) in [6.07, 6.45) is 0.694. The molecule has 2 aliphatic rings. The van der Waals surface area contributed by atoms with E-state index in [0.29, 0.717) is 29.1 Å². The lowest BCUT2D eigenvalue weighted by molar-refractivity contribution is -0.180. The fourth-order valence-electron chi connectivity index (χ4n) is 4.14. The van der Waals surface area contributed by atoms with Gasteiger partial charge in [-0.25, -0.2) is 0 Å². The third-order valence-electron chi connectivity index (χ3n) is 5.96. The number of esters is 1. The van der Waals surface area contributed by atoms with Gasteiger partial charge in [0.25, 0.3) is 5.91 Å². The van der Waals surface area contributed by atoms with Crippen molar-refractivity contribution >= 4 is 35.1 Å². The molecule has 0 unspecified atom stereocenters. The molecule has 176 valence electrons. The first-order valence-electron chi connectivity index (χ1n) is 11.4. The second kappa shape index (κ2) is 10.5. The van der Waals surface area contributed by atoms with Crippen molar-refractivity contribution in [2.45, 2.75) is 51.4 Å². The largest absolute Gasteiger partial charge is 0.465 e. The predicted octanol–water partition coefficient (Wildman–Crippen LogP) is 6.00. The van der Waals surface area contributed by atoms with Crippen molar-refractivity contribution in [3.8, 4) is 0 Å². The van der Waals surface area contributed by atoms with Crippen molar-refractivity contribution in [2.75, 3.05) is 13.2 Å². The summed E-state index contributed by atoms with van der Waals surface area (Å²) in [5.74, 6) is 0.0806. The maximum absolute atomic E-state index is 13.6. The third-order valence-corrected chi connectivity index (χ3v) is 6.45. The lowest BCUT2D eigenvalue weighted by Crippen LogP contribution is -2.52. The Kier molecular flexibility index (Phi) is 7.62. The Morgan fingerprint density at radius 1 is 1.09 bits per heavy atom. The van der Waals surface area contributed by atoms with Crippen molar-refractivity contribution in [1.82, 2.24) is 4.90 Å². The second-order valence-electron chi connectivity index (χ2n) is 9.31. The number of morpholine rings is 1. The molecule has 0 bridgehead atoms. The van der Waals surface area contributed by atoms with E-state index in [-0.39, 0.29) is 24.3 Å². The van der Waals surface area contributed by atoms with Gasteiger partial charge in [0, 0.05) is 16.6 Å². The Labute approximate surface area is 205 Å². The van der Waals surface area contributed by atoms with Gasteiger partial charge in [0.15, 0.2) is 0 Å². The summed E-state index contributed by atoms with van der Waals surface area (Å²) in [6.45, 7) is 4.89. The van der Waals surface area contributed by atoms with Crippen molar-refractivity contribution in [3.05, 3.63) is 69.7 Å². The van der Waals surface area contributed by atoms with Crippen LogP contribution < -0.4 is 0 Å². The molecule has 0 radical (unpaired) electrons. The monoisotopic (exact) mass is 489 g/mol. The summed E-state index contributed by atoms with van der Waals surface area (Å²) in [6, 6.07) is 14.6. The van der Waals surface area contributed by atoms with Crippen LogP contribution in [0.25, 0.3) is 0 Å². The molecular weight excluding hydrogens is 461 g/mol. The zero-order valence-electron chi connectivity index (χ0n) is 18.9. The molecule has 2 aromatic carbocycles. The van der Waals surface area contributed by atoms with Gasteiger partial charge < -0.3 is 14.4 Å². The van der Waals surface area contributed by atoms with Gasteiger partial charge in [0.2, 0.25) is 0 Å². The highest BCUT2D eigenvalue weighted by Crippen LogP contribution is 2.45. The fraction of sp³-hybridized carbons (Fsp3) is 0.462. The minimum absolute atomic E-state index is 0.114. The standard InChI is InChI=1S/C26H29Cl2NO4/c1-16(2)15-32-23(30)13-22-26(31)29(14-17-6-7-17)24(18-8-10-20(27)11-9-18)25(33-22)19-4-3-5-21(28)12-19/h3-5,8-12,16-17,22,24-25H,6-7,13-15H2,1-2H3/t22-,24+,25+/m0/s1. The van der Waals surface area contributed by atoms with Crippen LogP contribution in [-0.2, 0) is 19.1 Å². The molecule has 2 aromatic rings. The summed E-state index contributed by atoms with van der Waals surface area (Å²) in [4.78, 5) is 28.0. The first kappa shape index (κ1) is 24.1. The SMILES string of the molecule is CC(C)COC(=O)C[C@@H]1O[C@H](c2cccc(Cl)c2)[C@@H](c2ccc(Cl)cc2)N(CC2CC2)C1=O. The average Bonchev–Trinajstić information content (AvgIpc) is 3.60. The summed E-state index contributed by atoms with van der Waals surface area (Å²) < 4.78 is 11.7. The molecule has 1 saturated carbocycles. The third kappa shape index (κ3) is 6.08. The lowest BCUT2D eigenvalue weighted by atomic mass is 9.91. The van der Waals surface area contributed by atoms with Crippen molar-refractivity contribution in [3.63, 3.8) is 0 Å². The Balaban J connectivity index is 1.69. The molecular formula is C26H29Cl2NO4. The van der Waals surface area contributed by atoms with Crippen LogP contribution in [-0.4, -0.2) is 36.0 Å². The Hall–Kier alpha value is -2.08. The summed E-state index contributed by atoms with van der Waals surface area (Å²) in [5.41, 5.74) is 1.79. The number of halogens is 2. The molecule has 1 aliphatic heterocycles. The van der Waals surface area contributed by atoms with Gasteiger partial charge in [-0.2, -0.15) is 0 Å². The molecule has 0 aromatic heterocycles. The number of carbonyl (C=O) groups excluding carboxylic acids is 2. The number of hydrogen-bond donors (Lipinski definition) is 0. The van der Waals surface area contributed by atoms with Crippen LogP contribution in [0.15, 0.2) is 48.5 Å². The van der Waals surface area contributed by atoms with Crippen LogP contribution >= 0.6 is 23.2 Å². The topological polar surface area (TPSA) is 55.8 Å². The highest BCUT2D eigenvalue weighted by atomic mass is 35.5. The van der Waals surface area contributed by atoms with E-state index in [1.807, 2.05) is 61.2 Å². The van der Waals surface area contributed by atoms with E-state index in [4.69, 9.17) is 32.7 Å². The number of benzene rings is 2. The molecule has 0 N–H and O–H groups in total. The van der Waals surface area contributed by atoms with E-state index in [1.54, 1.807) is 6.07 Å². The molecule has 33 heavy (non-hydrogen) atoms. The van der Waals surface area contributed by atoms with Crippen LogP contribution in [0.1, 0.15) is 56.4 Å². The van der Waals surface area contributed by atoms with Crippen molar-refractivity contribution in [1.29, 1.82) is 0 Å². The maximum atomic E-state index is 13.6. The Morgan fingerprint density at radius 2 is 1.82 bits per heavy atom. The molecule has 1 aliphatic carbocycles. The van der Waals surface area contributed by atoms with Gasteiger partial charge in [0.05, 0.1) is 19.1 Å². The van der Waals surface area contributed by atoms with Gasteiger partial charge in [-0.1, -0.05) is 61.3 Å². The molecule has 1 heterocycles. The number of rotatable bonds is 8. The molecule has 7 heteroatoms. The zero-order valence-corrected chi connectivity index (χ0v) is 20.4. The molecule has 1 amide bonds. The maximum Gasteiger partial charge on any atom is 0.308 e. The number of hydrogen-bond acceptors (Lipinski definition) is 4. The number of amides is 1. The van der Waals surface area contributed by atoms with Crippen LogP contribution in [0.2, 0.25) is 10.0 Å². The number of carbonyl (C=O) groups is 2. The number of ether oxygens (including phenoxy) is 2. The minimum atomic E-state index is -0.907. The van der Waals surface area contributed by atoms with Crippen LogP contribution in [0, 0.1) is 11.8 Å². The van der Waals surface area contributed by atoms with Gasteiger partial charge in [-0.05, 0) is 60.1 Å². The van der Waals surface area contributed by atoms with Crippen LogP contribution in [0.5, 0.6) is 0 Å². The highest BCUT2D eigenvalue weighted by Gasteiger charge is 2.46. The molecule has 3 atom stereocenters. The van der Waals surface area contributed by atoms with Gasteiger partial charge >= 0.3 is 5.97 Å². The summed E-state index contributed by atoms with van der Waals surface area (Å²) in [7, 11) is 0. The molecule has 4 rings (SSSR count). The fourth-order valence-corrected chi connectivity index (χ4v) is 4.47. The molecule has 2 fully saturated rings. The average molecular weight is 490 g/mol. The normalized spacial score (nSPS) is 23.1. The van der Waals surface area contributed by atoms with E-state index in [1.165, 1.54) is 0 Å². The smallest absolute Gasteiger partial charge is 0.308 e. The minimum Gasteiger partial charge on any atom is -0.465 e. The molecule has 0 spiro atoms. The van der Waals surface area contributed by atoms with Crippen LogP contribution in [0.4, 0.5) is 0 Å². The van der Waals surface area contributed by atoms with Crippen LogP contribution in [0.3, 0.4) is 0 Å². The summed E-state index contributed by atoms with van der Waals surface area (Å²) >= 11 is 12.4. The second-order valence-corrected chi connectivity index (χ2v) is 10.2. The first-order chi connectivity index (χ1) is 15.8. The van der Waals surface area contributed by atoms with Crippen molar-refractivity contribution < 1.29 is 19.1 Å². The molecule has 1 saturated heterocycles. The quantitative estimate of drug-likeness (QED) is 0.426. The van der Waals surface area contributed by atoms with Gasteiger partial charge in [-0.15, -0.1) is 0 Å².